The molecule has 1 rings (SSSR count). The summed E-state index contributed by atoms with van der Waals surface area (Å²) >= 11 is 1.22. The van der Waals surface area contributed by atoms with Crippen LogP contribution in [0.5, 0.6) is 5.75 Å². The van der Waals surface area contributed by atoms with E-state index in [0.717, 1.165) is 11.3 Å². The molecule has 0 aliphatic rings. The minimum absolute atomic E-state index is 0.0140. The summed E-state index contributed by atoms with van der Waals surface area (Å²) in [6.45, 7) is 5.42. The Bertz CT molecular complexity index is 458. The van der Waals surface area contributed by atoms with Crippen LogP contribution in [-0.4, -0.2) is 17.1 Å². The van der Waals surface area contributed by atoms with E-state index in [1.165, 1.54) is 18.7 Å². The first-order valence-electron chi connectivity index (χ1n) is 5.67. The van der Waals surface area contributed by atoms with Gasteiger partial charge in [-0.15, -0.1) is 0 Å². The molecular weight excluding hydrogens is 248 g/mol. The molecule has 0 fully saturated rings. The number of carbonyl (C=O) groups is 1. The van der Waals surface area contributed by atoms with Crippen LogP contribution >= 0.6 is 11.8 Å². The topological polar surface area (TPSA) is 76.2 Å². The molecule has 0 aliphatic heterocycles. The number of ether oxygens (including phenoxy) is 1. The molecule has 3 N–H and O–H groups in total. The molecule has 0 radical (unpaired) electrons. The van der Waals surface area contributed by atoms with Crippen LogP contribution in [0.15, 0.2) is 18.2 Å². The summed E-state index contributed by atoms with van der Waals surface area (Å²) in [7, 11) is 0. The Morgan fingerprint density at radius 3 is 2.67 bits per heavy atom. The number of nitrogens with two attached hydrogens (primary N) is 1. The number of carbonyl (C=O) groups excluding carboxylic acids is 1. The zero-order chi connectivity index (χ0) is 13.7. The van der Waals surface area contributed by atoms with Crippen LogP contribution in [0.1, 0.15) is 36.7 Å². The molecule has 0 unspecified atom stereocenters. The van der Waals surface area contributed by atoms with Crippen molar-refractivity contribution >= 4 is 22.7 Å². The summed E-state index contributed by atoms with van der Waals surface area (Å²) in [5, 5.41) is 7.28. The molecule has 4 nitrogen and oxygen atoms in total. The quantitative estimate of drug-likeness (QED) is 0.488. The standard InChI is InChI=1S/C13H18N2O2S/c1-8(2)17-12-5-4-10(9(3)16)6-11(12)7-18-13(14)15/h4-6,8H,7H2,1-3H3,(H3,14,15). The van der Waals surface area contributed by atoms with Crippen LogP contribution < -0.4 is 10.5 Å². The van der Waals surface area contributed by atoms with Crippen molar-refractivity contribution in [3.05, 3.63) is 29.3 Å². The maximum Gasteiger partial charge on any atom is 0.159 e. The molecule has 98 valence electrons. The molecule has 0 saturated carbocycles. The molecular formula is C13H18N2O2S. The Morgan fingerprint density at radius 1 is 1.50 bits per heavy atom. The van der Waals surface area contributed by atoms with E-state index in [0.29, 0.717) is 11.3 Å². The lowest BCUT2D eigenvalue weighted by molar-refractivity contribution is 0.101. The van der Waals surface area contributed by atoms with Crippen molar-refractivity contribution in [1.82, 2.24) is 0 Å². The van der Waals surface area contributed by atoms with Gasteiger partial charge in [-0.1, -0.05) is 11.8 Å². The minimum atomic E-state index is 0.0140. The highest BCUT2D eigenvalue weighted by Gasteiger charge is 2.10. The predicted molar refractivity (Wildman–Crippen MR) is 75.4 cm³/mol. The first-order valence-corrected chi connectivity index (χ1v) is 6.66. The highest BCUT2D eigenvalue weighted by Crippen LogP contribution is 2.26. The van der Waals surface area contributed by atoms with Gasteiger partial charge in [0.1, 0.15) is 5.75 Å². The van der Waals surface area contributed by atoms with E-state index in [1.807, 2.05) is 13.8 Å². The van der Waals surface area contributed by atoms with Gasteiger partial charge in [0.05, 0.1) is 6.10 Å². The number of benzene rings is 1. The van der Waals surface area contributed by atoms with E-state index >= 15 is 0 Å². The fourth-order valence-corrected chi connectivity index (χ4v) is 1.97. The molecule has 1 aromatic rings. The summed E-state index contributed by atoms with van der Waals surface area (Å²) in [5.74, 6) is 1.28. The molecule has 18 heavy (non-hydrogen) atoms. The smallest absolute Gasteiger partial charge is 0.159 e. The average Bonchev–Trinajstić information content (AvgIpc) is 2.26. The number of hydrogen-bond acceptors (Lipinski definition) is 4. The van der Waals surface area contributed by atoms with Crippen molar-refractivity contribution in [1.29, 1.82) is 5.41 Å². The van der Waals surface area contributed by atoms with Crippen molar-refractivity contribution < 1.29 is 9.53 Å². The van der Waals surface area contributed by atoms with Crippen LogP contribution in [0.3, 0.4) is 0 Å². The highest BCUT2D eigenvalue weighted by molar-refractivity contribution is 8.13. The Kier molecular flexibility index (Phi) is 5.22. The highest BCUT2D eigenvalue weighted by atomic mass is 32.2. The molecule has 0 bridgehead atoms. The summed E-state index contributed by atoms with van der Waals surface area (Å²) in [6, 6.07) is 5.35. The second-order valence-electron chi connectivity index (χ2n) is 4.20. The molecule has 5 heteroatoms. The van der Waals surface area contributed by atoms with E-state index in [9.17, 15) is 4.79 Å². The zero-order valence-corrected chi connectivity index (χ0v) is 11.6. The molecule has 0 atom stereocenters. The first kappa shape index (κ1) is 14.6. The van der Waals surface area contributed by atoms with Crippen molar-refractivity contribution in [2.24, 2.45) is 5.73 Å². The SMILES string of the molecule is CC(=O)c1ccc(OC(C)C)c(CSC(=N)N)c1. The van der Waals surface area contributed by atoms with Crippen molar-refractivity contribution in [2.75, 3.05) is 0 Å². The van der Waals surface area contributed by atoms with E-state index in [2.05, 4.69) is 0 Å². The van der Waals surface area contributed by atoms with Gasteiger partial charge in [-0.05, 0) is 39.0 Å². The number of ketones is 1. The van der Waals surface area contributed by atoms with Gasteiger partial charge in [-0.25, -0.2) is 0 Å². The van der Waals surface area contributed by atoms with Gasteiger partial charge in [-0.3, -0.25) is 10.2 Å². The number of hydrogen-bond donors (Lipinski definition) is 2. The Labute approximate surface area is 111 Å². The maximum absolute atomic E-state index is 11.4. The van der Waals surface area contributed by atoms with E-state index in [1.54, 1.807) is 18.2 Å². The van der Waals surface area contributed by atoms with Gasteiger partial charge >= 0.3 is 0 Å². The first-order chi connectivity index (χ1) is 8.40. The minimum Gasteiger partial charge on any atom is -0.491 e. The molecule has 0 saturated heterocycles. The summed E-state index contributed by atoms with van der Waals surface area (Å²) in [6.07, 6.45) is 0.0641. The summed E-state index contributed by atoms with van der Waals surface area (Å²) in [5.41, 5.74) is 6.86. The molecule has 1 aromatic carbocycles. The van der Waals surface area contributed by atoms with Crippen molar-refractivity contribution in [3.8, 4) is 5.75 Å². The van der Waals surface area contributed by atoms with E-state index in [-0.39, 0.29) is 17.1 Å². The molecule has 0 aliphatic carbocycles. The number of amidine groups is 1. The Morgan fingerprint density at radius 2 is 2.17 bits per heavy atom. The summed E-state index contributed by atoms with van der Waals surface area (Å²) < 4.78 is 5.68. The third-order valence-corrected chi connectivity index (χ3v) is 2.98. The van der Waals surface area contributed by atoms with Crippen LogP contribution in [0, 0.1) is 5.41 Å². The van der Waals surface area contributed by atoms with Gasteiger partial charge in [0.25, 0.3) is 0 Å². The third kappa shape index (κ3) is 4.41. The van der Waals surface area contributed by atoms with E-state index < -0.39 is 0 Å². The van der Waals surface area contributed by atoms with Crippen molar-refractivity contribution in [3.63, 3.8) is 0 Å². The summed E-state index contributed by atoms with van der Waals surface area (Å²) in [4.78, 5) is 11.4. The molecule has 0 amide bonds. The zero-order valence-electron chi connectivity index (χ0n) is 10.8. The fraction of sp³-hybridized carbons (Fsp3) is 0.385. The van der Waals surface area contributed by atoms with Crippen LogP contribution in [0.2, 0.25) is 0 Å². The van der Waals surface area contributed by atoms with Gasteiger partial charge in [0, 0.05) is 16.9 Å². The van der Waals surface area contributed by atoms with Crippen molar-refractivity contribution in [2.45, 2.75) is 32.6 Å². The second-order valence-corrected chi connectivity index (χ2v) is 5.22. The number of rotatable bonds is 5. The predicted octanol–water partition coefficient (Wildman–Crippen LogP) is 2.80. The number of nitrogens with one attached hydrogen (secondary N) is 1. The lowest BCUT2D eigenvalue weighted by atomic mass is 10.1. The van der Waals surface area contributed by atoms with Crippen LogP contribution in [0.4, 0.5) is 0 Å². The molecule has 0 heterocycles. The van der Waals surface area contributed by atoms with Crippen LogP contribution in [0.25, 0.3) is 0 Å². The molecule has 0 aromatic heterocycles. The van der Waals surface area contributed by atoms with E-state index in [4.69, 9.17) is 15.9 Å². The van der Waals surface area contributed by atoms with Crippen LogP contribution in [-0.2, 0) is 5.75 Å². The fourth-order valence-electron chi connectivity index (χ4n) is 1.44. The van der Waals surface area contributed by atoms with Gasteiger partial charge in [0.2, 0.25) is 0 Å². The largest absolute Gasteiger partial charge is 0.491 e. The van der Waals surface area contributed by atoms with Gasteiger partial charge in [0.15, 0.2) is 11.0 Å². The lowest BCUT2D eigenvalue weighted by Gasteiger charge is -2.14. The number of thioether (sulfide) groups is 1. The van der Waals surface area contributed by atoms with Gasteiger partial charge < -0.3 is 10.5 Å². The second kappa shape index (κ2) is 6.44. The maximum atomic E-state index is 11.4. The number of Topliss-reactive ketones (excluding diaryl/α,β-unsaturated/α-hetero) is 1. The van der Waals surface area contributed by atoms with Gasteiger partial charge in [-0.2, -0.15) is 0 Å². The monoisotopic (exact) mass is 266 g/mol. The Balaban J connectivity index is 3.01. The third-order valence-electron chi connectivity index (χ3n) is 2.21. The average molecular weight is 266 g/mol. The Hall–Kier alpha value is -1.49. The molecule has 0 spiro atoms. The lowest BCUT2D eigenvalue weighted by Crippen LogP contribution is -2.09. The normalized spacial score (nSPS) is 10.4.